The molecular weight excluding hydrogens is 150 g/mol. The number of nitrogens with zero attached hydrogens (tertiary/aromatic N) is 3. The van der Waals surface area contributed by atoms with Crippen LogP contribution in [-0.4, -0.2) is 19.0 Å². The lowest BCUT2D eigenvalue weighted by Crippen LogP contribution is -2.25. The Balaban J connectivity index is 3.62. The van der Waals surface area contributed by atoms with Gasteiger partial charge in [-0.05, 0) is 0 Å². The SMILES string of the molecule is Cn1c(=O)n(C)n(CO)c1=O. The van der Waals surface area contributed by atoms with Crippen molar-refractivity contribution in [2.24, 2.45) is 14.1 Å². The topological polar surface area (TPSA) is 69.2 Å². The molecule has 0 saturated heterocycles. The van der Waals surface area contributed by atoms with Gasteiger partial charge in [0, 0.05) is 14.1 Å². The molecule has 0 fully saturated rings. The predicted octanol–water partition coefficient (Wildman–Crippen LogP) is -2.16. The highest BCUT2D eigenvalue weighted by Crippen LogP contribution is 1.70. The number of hydrogen-bond donors (Lipinski definition) is 1. The monoisotopic (exact) mass is 159 g/mol. The Bertz CT molecular complexity index is 369. The Morgan fingerprint density at radius 2 is 1.82 bits per heavy atom. The molecule has 0 bridgehead atoms. The summed E-state index contributed by atoms with van der Waals surface area (Å²) >= 11 is 0. The lowest BCUT2D eigenvalue weighted by Gasteiger charge is -1.96. The standard InChI is InChI=1S/C5H9N3O3/c1-6-4(10)7(2)8(3-9)5(6)11/h9H,3H2,1-2H3. The zero-order valence-electron chi connectivity index (χ0n) is 6.31. The molecule has 6 heteroatoms. The van der Waals surface area contributed by atoms with Gasteiger partial charge in [-0.15, -0.1) is 0 Å². The van der Waals surface area contributed by atoms with E-state index in [0.29, 0.717) is 0 Å². The van der Waals surface area contributed by atoms with Gasteiger partial charge >= 0.3 is 11.4 Å². The second kappa shape index (κ2) is 2.39. The minimum atomic E-state index is -0.514. The molecule has 11 heavy (non-hydrogen) atoms. The average Bonchev–Trinajstić information content (AvgIpc) is 2.17. The van der Waals surface area contributed by atoms with Gasteiger partial charge in [-0.2, -0.15) is 0 Å². The van der Waals surface area contributed by atoms with E-state index in [9.17, 15) is 9.59 Å². The maximum atomic E-state index is 11.0. The normalized spacial score (nSPS) is 10.5. The molecule has 0 aromatic carbocycles. The van der Waals surface area contributed by atoms with E-state index in [1.54, 1.807) is 0 Å². The largest absolute Gasteiger partial charge is 0.374 e. The van der Waals surface area contributed by atoms with Gasteiger partial charge in [-0.1, -0.05) is 0 Å². The molecular formula is C5H9N3O3. The third-order valence-electron chi connectivity index (χ3n) is 1.57. The molecule has 0 aliphatic heterocycles. The molecule has 1 N–H and O–H groups in total. The van der Waals surface area contributed by atoms with Crippen LogP contribution in [-0.2, 0) is 20.8 Å². The van der Waals surface area contributed by atoms with Crippen LogP contribution in [0.4, 0.5) is 0 Å². The van der Waals surface area contributed by atoms with Gasteiger partial charge in [0.05, 0.1) is 0 Å². The first-order valence-corrected chi connectivity index (χ1v) is 3.03. The molecule has 0 amide bonds. The van der Waals surface area contributed by atoms with E-state index in [1.807, 2.05) is 0 Å². The molecule has 6 nitrogen and oxygen atoms in total. The second-order valence-corrected chi connectivity index (χ2v) is 2.19. The number of aromatic nitrogens is 3. The van der Waals surface area contributed by atoms with Gasteiger partial charge in [0.1, 0.15) is 6.73 Å². The fraction of sp³-hybridized carbons (Fsp3) is 0.600. The van der Waals surface area contributed by atoms with Crippen molar-refractivity contribution in [1.82, 2.24) is 13.9 Å². The third-order valence-corrected chi connectivity index (χ3v) is 1.57. The maximum absolute atomic E-state index is 11.0. The van der Waals surface area contributed by atoms with Gasteiger partial charge in [-0.25, -0.2) is 23.5 Å². The molecule has 0 aliphatic rings. The number of aliphatic hydroxyl groups is 1. The Morgan fingerprint density at radius 1 is 1.27 bits per heavy atom. The summed E-state index contributed by atoms with van der Waals surface area (Å²) < 4.78 is 2.92. The lowest BCUT2D eigenvalue weighted by atomic mass is 11.0. The van der Waals surface area contributed by atoms with Gasteiger partial charge in [-0.3, -0.25) is 0 Å². The van der Waals surface area contributed by atoms with Crippen LogP contribution < -0.4 is 11.4 Å². The summed E-state index contributed by atoms with van der Waals surface area (Å²) in [6, 6.07) is 0. The van der Waals surface area contributed by atoms with Crippen molar-refractivity contribution in [3.8, 4) is 0 Å². The molecule has 0 saturated carbocycles. The van der Waals surface area contributed by atoms with E-state index in [1.165, 1.54) is 14.1 Å². The fourth-order valence-corrected chi connectivity index (χ4v) is 0.859. The van der Waals surface area contributed by atoms with Crippen LogP contribution in [0.1, 0.15) is 0 Å². The van der Waals surface area contributed by atoms with E-state index in [-0.39, 0.29) is 0 Å². The molecule has 62 valence electrons. The van der Waals surface area contributed by atoms with Crippen LogP contribution in [0.25, 0.3) is 0 Å². The van der Waals surface area contributed by atoms with Crippen LogP contribution >= 0.6 is 0 Å². The summed E-state index contributed by atoms with van der Waals surface area (Å²) in [7, 11) is 2.77. The van der Waals surface area contributed by atoms with Crippen molar-refractivity contribution in [2.45, 2.75) is 6.73 Å². The Labute approximate surface area is 61.9 Å². The molecule has 0 radical (unpaired) electrons. The molecule has 0 atom stereocenters. The van der Waals surface area contributed by atoms with Crippen molar-refractivity contribution in [2.75, 3.05) is 0 Å². The predicted molar refractivity (Wildman–Crippen MR) is 37.1 cm³/mol. The van der Waals surface area contributed by atoms with Crippen molar-refractivity contribution in [3.63, 3.8) is 0 Å². The van der Waals surface area contributed by atoms with Crippen molar-refractivity contribution in [1.29, 1.82) is 0 Å². The first kappa shape index (κ1) is 7.80. The van der Waals surface area contributed by atoms with E-state index in [4.69, 9.17) is 5.11 Å². The molecule has 0 spiro atoms. The minimum Gasteiger partial charge on any atom is -0.374 e. The van der Waals surface area contributed by atoms with Crippen molar-refractivity contribution < 1.29 is 5.11 Å². The van der Waals surface area contributed by atoms with E-state index < -0.39 is 18.1 Å². The Morgan fingerprint density at radius 3 is 2.00 bits per heavy atom. The Kier molecular flexibility index (Phi) is 1.69. The highest BCUT2D eigenvalue weighted by atomic mass is 16.3. The highest BCUT2D eigenvalue weighted by Gasteiger charge is 2.06. The summed E-state index contributed by atoms with van der Waals surface area (Å²) in [5.74, 6) is 0. The van der Waals surface area contributed by atoms with Crippen molar-refractivity contribution >= 4 is 0 Å². The van der Waals surface area contributed by atoms with Crippen LogP contribution in [0.2, 0.25) is 0 Å². The quantitative estimate of drug-likeness (QED) is 0.507. The second-order valence-electron chi connectivity index (χ2n) is 2.19. The van der Waals surface area contributed by atoms with Crippen molar-refractivity contribution in [3.05, 3.63) is 21.0 Å². The zero-order valence-corrected chi connectivity index (χ0v) is 6.31. The average molecular weight is 159 g/mol. The van der Waals surface area contributed by atoms with Gasteiger partial charge in [0.2, 0.25) is 0 Å². The molecule has 1 aromatic rings. The van der Waals surface area contributed by atoms with E-state index >= 15 is 0 Å². The zero-order chi connectivity index (χ0) is 8.59. The van der Waals surface area contributed by atoms with E-state index in [2.05, 4.69) is 0 Å². The van der Waals surface area contributed by atoms with Crippen LogP contribution in [0, 0.1) is 0 Å². The summed E-state index contributed by atoms with van der Waals surface area (Å²) in [4.78, 5) is 21.9. The highest BCUT2D eigenvalue weighted by molar-refractivity contribution is 4.68. The molecule has 1 heterocycles. The lowest BCUT2D eigenvalue weighted by molar-refractivity contribution is 0.174. The Hall–Kier alpha value is -1.30. The van der Waals surface area contributed by atoms with E-state index in [0.717, 1.165) is 13.9 Å². The van der Waals surface area contributed by atoms with Crippen LogP contribution in [0.3, 0.4) is 0 Å². The van der Waals surface area contributed by atoms with Crippen LogP contribution in [0.5, 0.6) is 0 Å². The smallest absolute Gasteiger partial charge is 0.349 e. The minimum absolute atomic E-state index is 0.441. The maximum Gasteiger partial charge on any atom is 0.349 e. The third kappa shape index (κ3) is 0.911. The van der Waals surface area contributed by atoms with Gasteiger partial charge < -0.3 is 5.11 Å². The molecule has 0 unspecified atom stereocenters. The number of aliphatic hydroxyl groups excluding tert-OH is 1. The number of rotatable bonds is 1. The summed E-state index contributed by atoms with van der Waals surface area (Å²) in [6.07, 6.45) is 0. The van der Waals surface area contributed by atoms with Crippen LogP contribution in [0.15, 0.2) is 9.59 Å². The summed E-state index contributed by atoms with van der Waals surface area (Å²) in [5, 5.41) is 8.63. The van der Waals surface area contributed by atoms with Gasteiger partial charge in [0.25, 0.3) is 0 Å². The molecule has 1 rings (SSSR count). The van der Waals surface area contributed by atoms with Gasteiger partial charge in [0.15, 0.2) is 0 Å². The summed E-state index contributed by atoms with van der Waals surface area (Å²) in [6.45, 7) is -0.481. The summed E-state index contributed by atoms with van der Waals surface area (Å²) in [5.41, 5.74) is -0.955. The first-order valence-electron chi connectivity index (χ1n) is 3.03. The fourth-order valence-electron chi connectivity index (χ4n) is 0.859. The first-order chi connectivity index (χ1) is 5.09. The molecule has 0 aliphatic carbocycles. The number of hydrogen-bond acceptors (Lipinski definition) is 3. The molecule has 1 aromatic heterocycles.